The minimum absolute atomic E-state index is 0.473. The number of aliphatic hydroxyl groups is 1. The summed E-state index contributed by atoms with van der Waals surface area (Å²) in [4.78, 5) is 0. The fraction of sp³-hybridized carbons (Fsp3) is 0.167. The molecule has 1 unspecified atom stereocenters. The Morgan fingerprint density at radius 2 is 2.12 bits per heavy atom. The third kappa shape index (κ3) is 2.97. The van der Waals surface area contributed by atoms with Crippen LogP contribution in [0.5, 0.6) is 0 Å². The molecular weight excluding hydrogens is 355 g/mol. The second kappa shape index (κ2) is 5.49. The topological polar surface area (TPSA) is 20.2 Å². The summed E-state index contributed by atoms with van der Waals surface area (Å²) in [6, 6.07) is 9.63. The average Bonchev–Trinajstić information content (AvgIpc) is 2.68. The van der Waals surface area contributed by atoms with Crippen LogP contribution in [0.2, 0.25) is 5.02 Å². The van der Waals surface area contributed by atoms with Crippen LogP contribution in [0, 0.1) is 2.88 Å². The van der Waals surface area contributed by atoms with Gasteiger partial charge in [0.25, 0.3) is 0 Å². The maximum atomic E-state index is 10.1. The second-order valence-electron chi connectivity index (χ2n) is 3.50. The lowest BCUT2D eigenvalue weighted by molar-refractivity contribution is 0.179. The van der Waals surface area contributed by atoms with Gasteiger partial charge in [-0.05, 0) is 51.2 Å². The van der Waals surface area contributed by atoms with E-state index in [-0.39, 0.29) is 0 Å². The van der Waals surface area contributed by atoms with Gasteiger partial charge in [0, 0.05) is 11.4 Å². The predicted octanol–water partition coefficient (Wildman–Crippen LogP) is 4.28. The number of benzene rings is 1. The van der Waals surface area contributed by atoms with Crippen molar-refractivity contribution >= 4 is 45.5 Å². The monoisotopic (exact) mass is 364 g/mol. The van der Waals surface area contributed by atoms with E-state index < -0.39 is 6.10 Å². The molecule has 0 saturated carbocycles. The quantitative estimate of drug-likeness (QED) is 0.806. The van der Waals surface area contributed by atoms with E-state index in [9.17, 15) is 5.11 Å². The summed E-state index contributed by atoms with van der Waals surface area (Å²) in [5, 5.41) is 12.8. The van der Waals surface area contributed by atoms with E-state index in [1.807, 2.05) is 35.7 Å². The Labute approximate surface area is 117 Å². The maximum absolute atomic E-state index is 10.1. The molecule has 1 N–H and O–H groups in total. The first-order chi connectivity index (χ1) is 7.66. The molecule has 0 spiro atoms. The lowest BCUT2D eigenvalue weighted by atomic mass is 10.0. The first-order valence-corrected chi connectivity index (χ1v) is 7.16. The first-order valence-electron chi connectivity index (χ1n) is 4.82. The fourth-order valence-electron chi connectivity index (χ4n) is 1.49. The van der Waals surface area contributed by atoms with Gasteiger partial charge in [-0.3, -0.25) is 0 Å². The second-order valence-corrected chi connectivity index (χ2v) is 6.71. The molecule has 1 atom stereocenters. The molecule has 0 amide bonds. The lowest BCUT2D eigenvalue weighted by Crippen LogP contribution is -2.00. The minimum Gasteiger partial charge on any atom is -0.388 e. The van der Waals surface area contributed by atoms with Crippen LogP contribution >= 0.6 is 45.5 Å². The zero-order valence-electron chi connectivity index (χ0n) is 8.36. The van der Waals surface area contributed by atoms with Crippen LogP contribution in [0.4, 0.5) is 0 Å². The van der Waals surface area contributed by atoms with E-state index in [0.29, 0.717) is 11.4 Å². The smallest absolute Gasteiger partial charge is 0.0839 e. The van der Waals surface area contributed by atoms with Crippen molar-refractivity contribution in [3.8, 4) is 0 Å². The Morgan fingerprint density at radius 3 is 2.75 bits per heavy atom. The molecule has 0 fully saturated rings. The van der Waals surface area contributed by atoms with Crippen LogP contribution < -0.4 is 0 Å². The Balaban J connectivity index is 2.13. The number of hydrogen-bond acceptors (Lipinski definition) is 2. The molecule has 0 radical (unpaired) electrons. The van der Waals surface area contributed by atoms with Crippen LogP contribution in [-0.4, -0.2) is 5.11 Å². The molecule has 1 nitrogen and oxygen atoms in total. The summed E-state index contributed by atoms with van der Waals surface area (Å²) < 4.78 is 1.19. The molecule has 0 aliphatic heterocycles. The largest absolute Gasteiger partial charge is 0.388 e. The molecule has 1 aromatic heterocycles. The summed E-state index contributed by atoms with van der Waals surface area (Å²) in [6.07, 6.45) is 0.0895. The van der Waals surface area contributed by atoms with Crippen LogP contribution in [0.15, 0.2) is 35.7 Å². The van der Waals surface area contributed by atoms with E-state index >= 15 is 0 Å². The Hall–Kier alpha value is -0.100. The van der Waals surface area contributed by atoms with Crippen molar-refractivity contribution in [1.29, 1.82) is 0 Å². The van der Waals surface area contributed by atoms with Crippen molar-refractivity contribution in [3.05, 3.63) is 54.7 Å². The molecule has 0 aliphatic carbocycles. The highest BCUT2D eigenvalue weighted by Gasteiger charge is 2.11. The zero-order chi connectivity index (χ0) is 11.5. The van der Waals surface area contributed by atoms with E-state index in [0.717, 1.165) is 11.1 Å². The molecule has 16 heavy (non-hydrogen) atoms. The SMILES string of the molecule is OC(Cc1ccccc1Cl)c1csc(I)c1. The molecule has 4 heteroatoms. The maximum Gasteiger partial charge on any atom is 0.0839 e. The first kappa shape index (κ1) is 12.4. The van der Waals surface area contributed by atoms with Crippen LogP contribution in [0.3, 0.4) is 0 Å². The van der Waals surface area contributed by atoms with Crippen molar-refractivity contribution in [2.24, 2.45) is 0 Å². The summed E-state index contributed by atoms with van der Waals surface area (Å²) in [5.41, 5.74) is 1.95. The number of thiophene rings is 1. The van der Waals surface area contributed by atoms with Crippen molar-refractivity contribution in [3.63, 3.8) is 0 Å². The molecule has 1 aromatic carbocycles. The van der Waals surface area contributed by atoms with Gasteiger partial charge in [-0.25, -0.2) is 0 Å². The number of halogens is 2. The van der Waals surface area contributed by atoms with Gasteiger partial charge in [0.15, 0.2) is 0 Å². The molecular formula is C12H10ClIOS. The van der Waals surface area contributed by atoms with Crippen LogP contribution in [-0.2, 0) is 6.42 Å². The molecule has 0 aliphatic rings. The zero-order valence-corrected chi connectivity index (χ0v) is 12.1. The number of rotatable bonds is 3. The average molecular weight is 365 g/mol. The molecule has 2 rings (SSSR count). The van der Waals surface area contributed by atoms with Crippen LogP contribution in [0.25, 0.3) is 0 Å². The van der Waals surface area contributed by atoms with E-state index in [4.69, 9.17) is 11.6 Å². The highest BCUT2D eigenvalue weighted by atomic mass is 127. The van der Waals surface area contributed by atoms with Crippen molar-refractivity contribution in [2.75, 3.05) is 0 Å². The van der Waals surface area contributed by atoms with E-state index in [2.05, 4.69) is 22.6 Å². The van der Waals surface area contributed by atoms with E-state index in [1.165, 1.54) is 2.88 Å². The van der Waals surface area contributed by atoms with Crippen molar-refractivity contribution < 1.29 is 5.11 Å². The fourth-order valence-corrected chi connectivity index (χ4v) is 3.12. The van der Waals surface area contributed by atoms with Gasteiger partial charge >= 0.3 is 0 Å². The summed E-state index contributed by atoms with van der Waals surface area (Å²) >= 11 is 9.95. The van der Waals surface area contributed by atoms with Crippen LogP contribution in [0.1, 0.15) is 17.2 Å². The number of hydrogen-bond donors (Lipinski definition) is 1. The lowest BCUT2D eigenvalue weighted by Gasteiger charge is -2.09. The Morgan fingerprint density at radius 1 is 1.38 bits per heavy atom. The van der Waals surface area contributed by atoms with E-state index in [1.54, 1.807) is 11.3 Å². The normalized spacial score (nSPS) is 12.7. The molecule has 0 saturated heterocycles. The Bertz CT molecular complexity index is 483. The van der Waals surface area contributed by atoms with Gasteiger partial charge in [0.2, 0.25) is 0 Å². The minimum atomic E-state index is -0.473. The summed E-state index contributed by atoms with van der Waals surface area (Å²) in [5.74, 6) is 0. The third-order valence-electron chi connectivity index (χ3n) is 2.34. The van der Waals surface area contributed by atoms with Gasteiger partial charge in [0.05, 0.1) is 8.99 Å². The van der Waals surface area contributed by atoms with Gasteiger partial charge in [-0.15, -0.1) is 11.3 Å². The molecule has 0 bridgehead atoms. The van der Waals surface area contributed by atoms with Crippen molar-refractivity contribution in [1.82, 2.24) is 0 Å². The van der Waals surface area contributed by atoms with Gasteiger partial charge < -0.3 is 5.11 Å². The van der Waals surface area contributed by atoms with Gasteiger partial charge in [-0.2, -0.15) is 0 Å². The molecule has 84 valence electrons. The highest BCUT2D eigenvalue weighted by Crippen LogP contribution is 2.27. The highest BCUT2D eigenvalue weighted by molar-refractivity contribution is 14.1. The number of aliphatic hydroxyl groups excluding tert-OH is 1. The summed E-state index contributed by atoms with van der Waals surface area (Å²) in [6.45, 7) is 0. The molecule has 1 heterocycles. The predicted molar refractivity (Wildman–Crippen MR) is 77.2 cm³/mol. The third-order valence-corrected chi connectivity index (χ3v) is 4.52. The molecule has 2 aromatic rings. The Kier molecular flexibility index (Phi) is 4.24. The standard InChI is InChI=1S/C12H10ClIOS/c13-10-4-2-1-3-8(10)5-11(15)9-6-12(14)16-7-9/h1-4,6-7,11,15H,5H2. The van der Waals surface area contributed by atoms with Gasteiger partial charge in [0.1, 0.15) is 0 Å². The summed E-state index contributed by atoms with van der Waals surface area (Å²) in [7, 11) is 0. The van der Waals surface area contributed by atoms with Crippen molar-refractivity contribution in [2.45, 2.75) is 12.5 Å². The van der Waals surface area contributed by atoms with Gasteiger partial charge in [-0.1, -0.05) is 29.8 Å².